The summed E-state index contributed by atoms with van der Waals surface area (Å²) in [5.74, 6) is 0. The maximum Gasteiger partial charge on any atom is 0.148 e. The minimum absolute atomic E-state index is 0.181. The van der Waals surface area contributed by atoms with E-state index in [1.54, 1.807) is 7.11 Å². The molecular formula is C6H12O2. The summed E-state index contributed by atoms with van der Waals surface area (Å²) in [4.78, 5) is 10.0. The number of methoxy groups -OCH3 is 1. The van der Waals surface area contributed by atoms with Gasteiger partial charge in [-0.15, -0.1) is 0 Å². The van der Waals surface area contributed by atoms with E-state index in [2.05, 4.69) is 0 Å². The molecule has 0 radical (unpaired) electrons. The number of rotatable bonds is 4. The smallest absolute Gasteiger partial charge is 0.148 e. The molecule has 0 heterocycles. The molecule has 0 aliphatic carbocycles. The second kappa shape index (κ2) is 4.78. The molecule has 2 nitrogen and oxygen atoms in total. The van der Waals surface area contributed by atoms with Crippen molar-refractivity contribution in [2.45, 2.75) is 25.9 Å². The summed E-state index contributed by atoms with van der Waals surface area (Å²) in [6.45, 7) is 2.02. The van der Waals surface area contributed by atoms with Gasteiger partial charge in [0.25, 0.3) is 0 Å². The van der Waals surface area contributed by atoms with Gasteiger partial charge in [0.1, 0.15) is 12.4 Å². The van der Waals surface area contributed by atoms with Crippen LogP contribution in [0.15, 0.2) is 0 Å². The van der Waals surface area contributed by atoms with Crippen LogP contribution in [-0.4, -0.2) is 19.5 Å². The molecule has 0 rings (SSSR count). The summed E-state index contributed by atoms with van der Waals surface area (Å²) in [5.41, 5.74) is 0. The lowest BCUT2D eigenvalue weighted by Crippen LogP contribution is -2.10. The maximum absolute atomic E-state index is 10.0. The summed E-state index contributed by atoms with van der Waals surface area (Å²) in [6, 6.07) is 0. The van der Waals surface area contributed by atoms with Crippen molar-refractivity contribution < 1.29 is 9.53 Å². The van der Waals surface area contributed by atoms with Crippen molar-refractivity contribution in [1.29, 1.82) is 0 Å². The zero-order valence-corrected chi connectivity index (χ0v) is 5.39. The topological polar surface area (TPSA) is 26.3 Å². The van der Waals surface area contributed by atoms with Gasteiger partial charge in [0.15, 0.2) is 0 Å². The number of hydrogen-bond donors (Lipinski definition) is 0. The number of aldehydes is 1. The molecule has 0 saturated carbocycles. The molecule has 0 spiro atoms. The highest BCUT2D eigenvalue weighted by Crippen LogP contribution is 1.95. The Morgan fingerprint density at radius 2 is 2.38 bits per heavy atom. The SMILES string of the molecule is CCCC(C=O)OC. The highest BCUT2D eigenvalue weighted by atomic mass is 16.5. The number of hydrogen-bond acceptors (Lipinski definition) is 2. The van der Waals surface area contributed by atoms with E-state index in [1.807, 2.05) is 6.92 Å². The van der Waals surface area contributed by atoms with Crippen LogP contribution in [0.2, 0.25) is 0 Å². The first kappa shape index (κ1) is 7.63. The van der Waals surface area contributed by atoms with Crippen molar-refractivity contribution >= 4 is 6.29 Å². The van der Waals surface area contributed by atoms with Crippen LogP contribution in [0, 0.1) is 0 Å². The van der Waals surface area contributed by atoms with Crippen molar-refractivity contribution in [2.24, 2.45) is 0 Å². The van der Waals surface area contributed by atoms with Crippen LogP contribution in [0.3, 0.4) is 0 Å². The lowest BCUT2D eigenvalue weighted by atomic mass is 10.2. The predicted octanol–water partition coefficient (Wildman–Crippen LogP) is 1.00. The van der Waals surface area contributed by atoms with Crippen LogP contribution in [0.4, 0.5) is 0 Å². The third kappa shape index (κ3) is 2.75. The molecular weight excluding hydrogens is 104 g/mol. The molecule has 8 heavy (non-hydrogen) atoms. The Balaban J connectivity index is 3.21. The Morgan fingerprint density at radius 1 is 1.75 bits per heavy atom. The molecule has 0 bridgehead atoms. The fraction of sp³-hybridized carbons (Fsp3) is 0.833. The summed E-state index contributed by atoms with van der Waals surface area (Å²) < 4.78 is 4.77. The highest BCUT2D eigenvalue weighted by molar-refractivity contribution is 5.55. The largest absolute Gasteiger partial charge is 0.374 e. The van der Waals surface area contributed by atoms with E-state index in [0.29, 0.717) is 0 Å². The van der Waals surface area contributed by atoms with E-state index in [-0.39, 0.29) is 6.10 Å². The first-order valence-corrected chi connectivity index (χ1v) is 2.83. The average Bonchev–Trinajstić information content (AvgIpc) is 1.83. The van der Waals surface area contributed by atoms with Gasteiger partial charge >= 0.3 is 0 Å². The third-order valence-electron chi connectivity index (χ3n) is 1.03. The van der Waals surface area contributed by atoms with E-state index >= 15 is 0 Å². The monoisotopic (exact) mass is 116 g/mol. The molecule has 0 aliphatic rings. The van der Waals surface area contributed by atoms with Crippen LogP contribution in [0.5, 0.6) is 0 Å². The highest BCUT2D eigenvalue weighted by Gasteiger charge is 2.00. The standard InChI is InChI=1S/C6H12O2/c1-3-4-6(5-7)8-2/h5-6H,3-4H2,1-2H3. The summed E-state index contributed by atoms with van der Waals surface area (Å²) in [7, 11) is 1.55. The Morgan fingerprint density at radius 3 is 2.50 bits per heavy atom. The molecule has 1 unspecified atom stereocenters. The van der Waals surface area contributed by atoms with E-state index in [4.69, 9.17) is 4.74 Å². The van der Waals surface area contributed by atoms with Gasteiger partial charge in [-0.05, 0) is 6.42 Å². The Hall–Kier alpha value is -0.370. The first-order chi connectivity index (χ1) is 3.85. The molecule has 0 fully saturated rings. The third-order valence-corrected chi connectivity index (χ3v) is 1.03. The maximum atomic E-state index is 10.0. The van der Waals surface area contributed by atoms with Crippen molar-refractivity contribution in [3.63, 3.8) is 0 Å². The number of carbonyl (C=O) groups excluding carboxylic acids is 1. The fourth-order valence-electron chi connectivity index (χ4n) is 0.526. The summed E-state index contributed by atoms with van der Waals surface area (Å²) in [5, 5.41) is 0. The van der Waals surface area contributed by atoms with E-state index < -0.39 is 0 Å². The summed E-state index contributed by atoms with van der Waals surface area (Å²) in [6.07, 6.45) is 2.49. The zero-order chi connectivity index (χ0) is 6.41. The molecule has 0 aliphatic heterocycles. The van der Waals surface area contributed by atoms with E-state index in [1.165, 1.54) is 0 Å². The Kier molecular flexibility index (Phi) is 4.56. The number of carbonyl (C=O) groups is 1. The van der Waals surface area contributed by atoms with E-state index in [0.717, 1.165) is 19.1 Å². The molecule has 0 aromatic rings. The van der Waals surface area contributed by atoms with Gasteiger partial charge in [-0.25, -0.2) is 0 Å². The molecule has 0 N–H and O–H groups in total. The molecule has 48 valence electrons. The zero-order valence-electron chi connectivity index (χ0n) is 5.39. The van der Waals surface area contributed by atoms with Crippen molar-refractivity contribution in [3.8, 4) is 0 Å². The minimum Gasteiger partial charge on any atom is -0.374 e. The van der Waals surface area contributed by atoms with E-state index in [9.17, 15) is 4.79 Å². The van der Waals surface area contributed by atoms with Gasteiger partial charge in [-0.1, -0.05) is 13.3 Å². The molecule has 1 atom stereocenters. The van der Waals surface area contributed by atoms with Gasteiger partial charge in [-0.3, -0.25) is 0 Å². The van der Waals surface area contributed by atoms with Gasteiger partial charge < -0.3 is 9.53 Å². The van der Waals surface area contributed by atoms with Crippen LogP contribution in [0.25, 0.3) is 0 Å². The quantitative estimate of drug-likeness (QED) is 0.512. The molecule has 2 heteroatoms. The molecule has 0 aromatic carbocycles. The number of ether oxygens (including phenoxy) is 1. The van der Waals surface area contributed by atoms with Crippen molar-refractivity contribution in [1.82, 2.24) is 0 Å². The second-order valence-corrected chi connectivity index (χ2v) is 1.70. The van der Waals surface area contributed by atoms with Crippen LogP contribution in [0.1, 0.15) is 19.8 Å². The second-order valence-electron chi connectivity index (χ2n) is 1.70. The predicted molar refractivity (Wildman–Crippen MR) is 31.8 cm³/mol. The van der Waals surface area contributed by atoms with Gasteiger partial charge in [0.2, 0.25) is 0 Å². The Bertz CT molecular complexity index is 61.5. The molecule has 0 aromatic heterocycles. The van der Waals surface area contributed by atoms with Crippen molar-refractivity contribution in [3.05, 3.63) is 0 Å². The van der Waals surface area contributed by atoms with Crippen LogP contribution in [-0.2, 0) is 9.53 Å². The summed E-state index contributed by atoms with van der Waals surface area (Å²) >= 11 is 0. The lowest BCUT2D eigenvalue weighted by molar-refractivity contribution is -0.116. The van der Waals surface area contributed by atoms with Gasteiger partial charge in [0, 0.05) is 7.11 Å². The lowest BCUT2D eigenvalue weighted by Gasteiger charge is -2.03. The van der Waals surface area contributed by atoms with Crippen LogP contribution < -0.4 is 0 Å². The Labute approximate surface area is 49.8 Å². The molecule has 0 amide bonds. The van der Waals surface area contributed by atoms with Gasteiger partial charge in [0.05, 0.1) is 0 Å². The van der Waals surface area contributed by atoms with Gasteiger partial charge in [-0.2, -0.15) is 0 Å². The fourth-order valence-corrected chi connectivity index (χ4v) is 0.526. The average molecular weight is 116 g/mol. The normalized spacial score (nSPS) is 13.2. The first-order valence-electron chi connectivity index (χ1n) is 2.83. The molecule has 0 saturated heterocycles. The minimum atomic E-state index is -0.181. The van der Waals surface area contributed by atoms with Crippen molar-refractivity contribution in [2.75, 3.05) is 7.11 Å². The van der Waals surface area contributed by atoms with Crippen LogP contribution >= 0.6 is 0 Å².